The molecule has 1 aromatic rings. The van der Waals surface area contributed by atoms with Gasteiger partial charge in [-0.2, -0.15) is 0 Å². The van der Waals surface area contributed by atoms with E-state index in [0.29, 0.717) is 28.3 Å². The number of nitrogen functional groups attached to an aromatic ring is 1. The van der Waals surface area contributed by atoms with Crippen LogP contribution in [0.4, 0.5) is 10.7 Å². The highest BCUT2D eigenvalue weighted by molar-refractivity contribution is 7.19. The summed E-state index contributed by atoms with van der Waals surface area (Å²) in [7, 11) is 1.62. The Kier molecular flexibility index (Phi) is 3.50. The van der Waals surface area contributed by atoms with E-state index in [2.05, 4.69) is 17.1 Å². The zero-order chi connectivity index (χ0) is 14.3. The predicted molar refractivity (Wildman–Crippen MR) is 81.8 cm³/mol. The van der Waals surface area contributed by atoms with Crippen LogP contribution in [0.5, 0.6) is 5.75 Å². The molecule has 3 rings (SSSR count). The van der Waals surface area contributed by atoms with Gasteiger partial charge < -0.3 is 20.7 Å². The molecule has 0 aromatic carbocycles. The SMILES string of the molecule is COc1c(N2CCC(C)C2)sc(C(=O)NC2CC2)c1N. The fraction of sp³-hybridized carbons (Fsp3) is 0.643. The van der Waals surface area contributed by atoms with Crippen LogP contribution in [0.15, 0.2) is 0 Å². The summed E-state index contributed by atoms with van der Waals surface area (Å²) in [5.74, 6) is 1.27. The Morgan fingerprint density at radius 1 is 1.45 bits per heavy atom. The highest BCUT2D eigenvalue weighted by Gasteiger charge is 2.31. The predicted octanol–water partition coefficient (Wildman–Crippen LogP) is 2.08. The fourth-order valence-corrected chi connectivity index (χ4v) is 3.72. The number of nitrogens with two attached hydrogens (primary N) is 1. The molecule has 1 amide bonds. The maximum absolute atomic E-state index is 12.2. The van der Waals surface area contributed by atoms with E-state index in [1.807, 2.05) is 0 Å². The Morgan fingerprint density at radius 3 is 2.75 bits per heavy atom. The van der Waals surface area contributed by atoms with Gasteiger partial charge in [-0.05, 0) is 25.2 Å². The van der Waals surface area contributed by atoms with Crippen molar-refractivity contribution >= 4 is 27.9 Å². The van der Waals surface area contributed by atoms with E-state index in [1.54, 1.807) is 7.11 Å². The van der Waals surface area contributed by atoms with E-state index in [4.69, 9.17) is 10.5 Å². The summed E-state index contributed by atoms with van der Waals surface area (Å²) in [5, 5.41) is 3.99. The first kappa shape index (κ1) is 13.5. The summed E-state index contributed by atoms with van der Waals surface area (Å²) >= 11 is 1.45. The number of ether oxygens (including phenoxy) is 1. The minimum atomic E-state index is -0.0632. The first-order valence-corrected chi connectivity index (χ1v) is 7.93. The fourth-order valence-electron chi connectivity index (χ4n) is 2.59. The van der Waals surface area contributed by atoms with Crippen molar-refractivity contribution in [2.24, 2.45) is 5.92 Å². The van der Waals surface area contributed by atoms with E-state index in [0.717, 1.165) is 30.9 Å². The van der Waals surface area contributed by atoms with E-state index in [1.165, 1.54) is 17.8 Å². The Balaban J connectivity index is 1.87. The molecule has 2 aliphatic rings. The largest absolute Gasteiger partial charge is 0.492 e. The molecule has 1 saturated carbocycles. The van der Waals surface area contributed by atoms with Crippen LogP contribution in [0.25, 0.3) is 0 Å². The third-order valence-corrected chi connectivity index (χ3v) is 5.16. The molecular weight excluding hydrogens is 274 g/mol. The van der Waals surface area contributed by atoms with Gasteiger partial charge in [-0.15, -0.1) is 11.3 Å². The summed E-state index contributed by atoms with van der Waals surface area (Å²) in [6.07, 6.45) is 3.32. The second-order valence-corrected chi connectivity index (χ2v) is 6.77. The lowest BCUT2D eigenvalue weighted by atomic mass is 10.2. The topological polar surface area (TPSA) is 67.6 Å². The molecule has 1 aliphatic heterocycles. The maximum atomic E-state index is 12.2. The second-order valence-electron chi connectivity index (χ2n) is 5.77. The summed E-state index contributed by atoms with van der Waals surface area (Å²) in [4.78, 5) is 15.1. The van der Waals surface area contributed by atoms with E-state index in [-0.39, 0.29) is 5.91 Å². The number of anilines is 2. The molecule has 1 aliphatic carbocycles. The van der Waals surface area contributed by atoms with E-state index >= 15 is 0 Å². The Hall–Kier alpha value is -1.43. The van der Waals surface area contributed by atoms with Crippen LogP contribution >= 0.6 is 11.3 Å². The molecule has 1 aromatic heterocycles. The number of carbonyl (C=O) groups excluding carboxylic acids is 1. The van der Waals surface area contributed by atoms with Gasteiger partial charge in [0.2, 0.25) is 0 Å². The molecule has 20 heavy (non-hydrogen) atoms. The highest BCUT2D eigenvalue weighted by Crippen LogP contribution is 2.46. The lowest BCUT2D eigenvalue weighted by molar-refractivity contribution is 0.0956. The highest BCUT2D eigenvalue weighted by atomic mass is 32.1. The number of rotatable bonds is 4. The van der Waals surface area contributed by atoms with Gasteiger partial charge in [-0.3, -0.25) is 4.79 Å². The van der Waals surface area contributed by atoms with Gasteiger partial charge in [-0.1, -0.05) is 6.92 Å². The van der Waals surface area contributed by atoms with E-state index < -0.39 is 0 Å². The summed E-state index contributed by atoms with van der Waals surface area (Å²) in [6.45, 7) is 4.24. The number of carbonyl (C=O) groups is 1. The van der Waals surface area contributed by atoms with Gasteiger partial charge in [0, 0.05) is 19.1 Å². The van der Waals surface area contributed by atoms with Crippen molar-refractivity contribution in [2.45, 2.75) is 32.2 Å². The van der Waals surface area contributed by atoms with Crippen LogP contribution in [0, 0.1) is 5.92 Å². The molecule has 110 valence electrons. The van der Waals surface area contributed by atoms with Crippen molar-refractivity contribution in [2.75, 3.05) is 30.8 Å². The van der Waals surface area contributed by atoms with Crippen LogP contribution in [-0.4, -0.2) is 32.1 Å². The van der Waals surface area contributed by atoms with Crippen molar-refractivity contribution in [3.8, 4) is 5.75 Å². The molecule has 0 bridgehead atoms. The quantitative estimate of drug-likeness (QED) is 0.892. The zero-order valence-electron chi connectivity index (χ0n) is 11.9. The van der Waals surface area contributed by atoms with Crippen LogP contribution in [0.3, 0.4) is 0 Å². The Labute approximate surface area is 123 Å². The molecule has 5 nitrogen and oxygen atoms in total. The first-order chi connectivity index (χ1) is 9.60. The second kappa shape index (κ2) is 5.16. The van der Waals surface area contributed by atoms with Crippen molar-refractivity contribution in [3.63, 3.8) is 0 Å². The molecule has 3 N–H and O–H groups in total. The summed E-state index contributed by atoms with van der Waals surface area (Å²) in [5.41, 5.74) is 6.59. The molecule has 2 heterocycles. The summed E-state index contributed by atoms with van der Waals surface area (Å²) in [6, 6.07) is 0.338. The number of nitrogens with one attached hydrogen (secondary N) is 1. The van der Waals surface area contributed by atoms with Crippen molar-refractivity contribution < 1.29 is 9.53 Å². The molecule has 2 fully saturated rings. The monoisotopic (exact) mass is 295 g/mol. The lowest BCUT2D eigenvalue weighted by Gasteiger charge is -2.17. The molecule has 6 heteroatoms. The van der Waals surface area contributed by atoms with Crippen LogP contribution in [0.1, 0.15) is 35.9 Å². The number of amides is 1. The van der Waals surface area contributed by atoms with Crippen LogP contribution in [0.2, 0.25) is 0 Å². The third-order valence-electron chi connectivity index (χ3n) is 3.92. The Bertz CT molecular complexity index is 525. The van der Waals surface area contributed by atoms with Gasteiger partial charge in [0.05, 0.1) is 7.11 Å². The van der Waals surface area contributed by atoms with Gasteiger partial charge in [0.1, 0.15) is 15.6 Å². The number of methoxy groups -OCH3 is 1. The molecule has 1 atom stereocenters. The minimum absolute atomic E-state index is 0.0632. The van der Waals surface area contributed by atoms with Crippen molar-refractivity contribution in [1.82, 2.24) is 5.32 Å². The first-order valence-electron chi connectivity index (χ1n) is 7.12. The molecule has 0 radical (unpaired) electrons. The van der Waals surface area contributed by atoms with Crippen molar-refractivity contribution in [3.05, 3.63) is 4.88 Å². The lowest BCUT2D eigenvalue weighted by Crippen LogP contribution is -2.25. The molecule has 1 saturated heterocycles. The molecular formula is C14H21N3O2S. The summed E-state index contributed by atoms with van der Waals surface area (Å²) < 4.78 is 5.44. The van der Waals surface area contributed by atoms with Crippen LogP contribution < -0.4 is 20.7 Å². The third kappa shape index (κ3) is 2.44. The van der Waals surface area contributed by atoms with Gasteiger partial charge in [0.15, 0.2) is 5.75 Å². The van der Waals surface area contributed by atoms with Gasteiger partial charge in [-0.25, -0.2) is 0 Å². The smallest absolute Gasteiger partial charge is 0.263 e. The average Bonchev–Trinajstić information content (AvgIpc) is 3.01. The normalized spacial score (nSPS) is 22.1. The average molecular weight is 295 g/mol. The molecule has 1 unspecified atom stereocenters. The molecule has 0 spiro atoms. The van der Waals surface area contributed by atoms with Crippen molar-refractivity contribution in [1.29, 1.82) is 0 Å². The number of thiophene rings is 1. The minimum Gasteiger partial charge on any atom is -0.492 e. The standard InChI is InChI=1S/C14H21N3O2S/c1-8-5-6-17(7-8)14-11(19-2)10(15)12(20-14)13(18)16-9-3-4-9/h8-9H,3-7,15H2,1-2H3,(H,16,18). The van der Waals surface area contributed by atoms with E-state index in [9.17, 15) is 4.79 Å². The van der Waals surface area contributed by atoms with Gasteiger partial charge in [0.25, 0.3) is 5.91 Å². The Morgan fingerprint density at radius 2 is 2.20 bits per heavy atom. The number of hydrogen-bond donors (Lipinski definition) is 2. The van der Waals surface area contributed by atoms with Gasteiger partial charge >= 0.3 is 0 Å². The number of hydrogen-bond acceptors (Lipinski definition) is 5. The number of nitrogens with zero attached hydrogens (tertiary/aromatic N) is 1. The zero-order valence-corrected chi connectivity index (χ0v) is 12.8. The maximum Gasteiger partial charge on any atom is 0.263 e. The van der Waals surface area contributed by atoms with Crippen LogP contribution in [-0.2, 0) is 0 Å².